The Morgan fingerprint density at radius 3 is 2.22 bits per heavy atom. The Bertz CT molecular complexity index is 1250. The van der Waals surface area contributed by atoms with Gasteiger partial charge in [-0.1, -0.05) is 43.7 Å². The van der Waals surface area contributed by atoms with Gasteiger partial charge in [-0.3, -0.25) is 4.90 Å². The second kappa shape index (κ2) is 11.4. The molecule has 0 fully saturated rings. The number of halogens is 2. The average molecular weight is 497 g/mol. The Kier molecular flexibility index (Phi) is 8.27. The highest BCUT2D eigenvalue weighted by Gasteiger charge is 2.44. The molecule has 2 aromatic carbocycles. The lowest BCUT2D eigenvalue weighted by atomic mass is 9.81. The fourth-order valence-electron chi connectivity index (χ4n) is 3.92. The average Bonchev–Trinajstić information content (AvgIpc) is 2.88. The van der Waals surface area contributed by atoms with Gasteiger partial charge in [-0.15, -0.1) is 0 Å². The molecule has 36 heavy (non-hydrogen) atoms. The first-order valence-corrected chi connectivity index (χ1v) is 11.1. The van der Waals surface area contributed by atoms with Crippen LogP contribution in [0.15, 0.2) is 65.1 Å². The van der Waals surface area contributed by atoms with Gasteiger partial charge >= 0.3 is 11.9 Å². The van der Waals surface area contributed by atoms with Gasteiger partial charge in [-0.2, -0.15) is 5.26 Å². The third-order valence-electron chi connectivity index (χ3n) is 5.59. The third-order valence-corrected chi connectivity index (χ3v) is 5.59. The zero-order valence-electron chi connectivity index (χ0n) is 20.0. The number of nitriles is 1. The number of anilines is 1. The van der Waals surface area contributed by atoms with Gasteiger partial charge in [-0.25, -0.2) is 18.4 Å². The van der Waals surface area contributed by atoms with Gasteiger partial charge in [0.1, 0.15) is 23.0 Å². The lowest BCUT2D eigenvalue weighted by molar-refractivity contribution is -0.139. The van der Waals surface area contributed by atoms with Crippen LogP contribution in [-0.2, 0) is 19.1 Å². The lowest BCUT2D eigenvalue weighted by Gasteiger charge is -2.36. The Morgan fingerprint density at radius 1 is 1.08 bits per heavy atom. The standard InChI is InChI=1S/C26H25F2N3O5/c1-4-5-11-36-16-12-18(27)22(19(28)13-16)31-23(26(33)35-3)21(25(32)34-2)20(17(14-29)24(31)30)15-9-7-6-8-10-15/h6-10,12-13,20H,4-5,11,30H2,1-3H3. The number of methoxy groups -OCH3 is 2. The Hall–Kier alpha value is -4.39. The molecule has 188 valence electrons. The van der Waals surface area contributed by atoms with Crippen LogP contribution >= 0.6 is 0 Å². The summed E-state index contributed by atoms with van der Waals surface area (Å²) >= 11 is 0. The minimum atomic E-state index is -1.16. The summed E-state index contributed by atoms with van der Waals surface area (Å²) in [5, 5.41) is 10.0. The highest BCUT2D eigenvalue weighted by Crippen LogP contribution is 2.44. The van der Waals surface area contributed by atoms with E-state index in [9.17, 15) is 14.9 Å². The van der Waals surface area contributed by atoms with E-state index >= 15 is 8.78 Å². The quantitative estimate of drug-likeness (QED) is 0.429. The summed E-state index contributed by atoms with van der Waals surface area (Å²) in [4.78, 5) is 26.7. The summed E-state index contributed by atoms with van der Waals surface area (Å²) in [6, 6.07) is 12.1. The number of hydrogen-bond donors (Lipinski definition) is 1. The molecule has 0 radical (unpaired) electrons. The second-order valence-corrected chi connectivity index (χ2v) is 7.77. The van der Waals surface area contributed by atoms with Crippen LogP contribution in [0.4, 0.5) is 14.5 Å². The van der Waals surface area contributed by atoms with Crippen LogP contribution in [0, 0.1) is 23.0 Å². The number of nitrogens with two attached hydrogens (primary N) is 1. The largest absolute Gasteiger partial charge is 0.493 e. The number of carbonyl (C=O) groups excluding carboxylic acids is 2. The summed E-state index contributed by atoms with van der Waals surface area (Å²) in [7, 11) is 2.12. The highest BCUT2D eigenvalue weighted by molar-refractivity contribution is 6.06. The molecule has 1 unspecified atom stereocenters. The molecule has 1 atom stereocenters. The first kappa shape index (κ1) is 26.2. The summed E-state index contributed by atoms with van der Waals surface area (Å²) in [6.07, 6.45) is 1.50. The number of ether oxygens (including phenoxy) is 3. The van der Waals surface area contributed by atoms with Gasteiger partial charge in [0.25, 0.3) is 0 Å². The van der Waals surface area contributed by atoms with Crippen molar-refractivity contribution in [3.05, 3.63) is 82.3 Å². The maximum Gasteiger partial charge on any atom is 0.355 e. The van der Waals surface area contributed by atoms with E-state index in [-0.39, 0.29) is 23.5 Å². The van der Waals surface area contributed by atoms with Crippen LogP contribution in [0.5, 0.6) is 5.75 Å². The molecule has 0 saturated carbocycles. The maximum atomic E-state index is 15.4. The highest BCUT2D eigenvalue weighted by atomic mass is 19.1. The molecular weight excluding hydrogens is 472 g/mol. The minimum absolute atomic E-state index is 0.0683. The molecule has 10 heteroatoms. The van der Waals surface area contributed by atoms with Crippen molar-refractivity contribution >= 4 is 17.6 Å². The fourth-order valence-corrected chi connectivity index (χ4v) is 3.92. The van der Waals surface area contributed by atoms with Crippen LogP contribution in [0.3, 0.4) is 0 Å². The first-order valence-electron chi connectivity index (χ1n) is 11.1. The molecule has 0 amide bonds. The normalized spacial score (nSPS) is 15.4. The van der Waals surface area contributed by atoms with Crippen LogP contribution < -0.4 is 15.4 Å². The number of unbranched alkanes of at least 4 members (excludes halogenated alkanes) is 1. The van der Waals surface area contributed by atoms with E-state index in [4.69, 9.17) is 19.9 Å². The molecule has 0 aliphatic carbocycles. The van der Waals surface area contributed by atoms with Crippen LogP contribution in [0.2, 0.25) is 0 Å². The molecule has 0 aromatic heterocycles. The van der Waals surface area contributed by atoms with Crippen molar-refractivity contribution in [3.8, 4) is 11.8 Å². The smallest absolute Gasteiger partial charge is 0.355 e. The number of allylic oxidation sites excluding steroid dienone is 1. The molecule has 0 bridgehead atoms. The SMILES string of the molecule is CCCCOc1cc(F)c(N2C(N)=C(C#N)C(c3ccccc3)C(C(=O)OC)=C2C(=O)OC)c(F)c1. The molecule has 8 nitrogen and oxygen atoms in total. The maximum absolute atomic E-state index is 15.4. The van der Waals surface area contributed by atoms with Gasteiger partial charge in [0.15, 0.2) is 11.6 Å². The Balaban J connectivity index is 2.34. The molecular formula is C26H25F2N3O5. The van der Waals surface area contributed by atoms with E-state index in [0.717, 1.165) is 32.8 Å². The first-order chi connectivity index (χ1) is 17.3. The monoisotopic (exact) mass is 497 g/mol. The lowest BCUT2D eigenvalue weighted by Crippen LogP contribution is -2.41. The van der Waals surface area contributed by atoms with Crippen LogP contribution in [0.1, 0.15) is 31.2 Å². The molecule has 0 saturated heterocycles. The van der Waals surface area contributed by atoms with Crippen molar-refractivity contribution in [2.75, 3.05) is 25.7 Å². The molecule has 0 spiro atoms. The van der Waals surface area contributed by atoms with Gasteiger partial charge < -0.3 is 19.9 Å². The molecule has 2 aromatic rings. The fraction of sp³-hybridized carbons (Fsp3) is 0.269. The van der Waals surface area contributed by atoms with Crippen molar-refractivity contribution in [3.63, 3.8) is 0 Å². The van der Waals surface area contributed by atoms with Gasteiger partial charge in [-0.05, 0) is 12.0 Å². The van der Waals surface area contributed by atoms with Gasteiger partial charge in [0, 0.05) is 12.1 Å². The van der Waals surface area contributed by atoms with E-state index in [2.05, 4.69) is 0 Å². The van der Waals surface area contributed by atoms with Crippen molar-refractivity contribution < 1.29 is 32.6 Å². The topological polar surface area (TPSA) is 115 Å². The molecule has 2 N–H and O–H groups in total. The van der Waals surface area contributed by atoms with Gasteiger partial charge in [0.05, 0.1) is 44.0 Å². The minimum Gasteiger partial charge on any atom is -0.493 e. The number of rotatable bonds is 8. The molecule has 1 heterocycles. The van der Waals surface area contributed by atoms with Gasteiger partial charge in [0.2, 0.25) is 0 Å². The van der Waals surface area contributed by atoms with Crippen LogP contribution in [-0.4, -0.2) is 32.8 Å². The number of esters is 2. The summed E-state index contributed by atoms with van der Waals surface area (Å²) < 4.78 is 45.9. The Morgan fingerprint density at radius 2 is 1.69 bits per heavy atom. The summed E-state index contributed by atoms with van der Waals surface area (Å²) in [6.45, 7) is 2.19. The van der Waals surface area contributed by atoms with E-state index in [1.807, 2.05) is 13.0 Å². The number of benzene rings is 2. The molecule has 1 aliphatic rings. The third kappa shape index (κ3) is 4.86. The van der Waals surface area contributed by atoms with E-state index < -0.39 is 46.7 Å². The second-order valence-electron chi connectivity index (χ2n) is 7.77. The number of nitrogens with zero attached hydrogens (tertiary/aromatic N) is 2. The van der Waals surface area contributed by atoms with Crippen molar-refractivity contribution in [1.82, 2.24) is 0 Å². The number of carbonyl (C=O) groups is 2. The van der Waals surface area contributed by atoms with Crippen molar-refractivity contribution in [2.24, 2.45) is 5.73 Å². The van der Waals surface area contributed by atoms with E-state index in [1.54, 1.807) is 30.3 Å². The zero-order chi connectivity index (χ0) is 26.4. The predicted molar refractivity (Wildman–Crippen MR) is 126 cm³/mol. The summed E-state index contributed by atoms with van der Waals surface area (Å²) in [5.74, 6) is -6.06. The van der Waals surface area contributed by atoms with Crippen molar-refractivity contribution in [2.45, 2.75) is 25.7 Å². The van der Waals surface area contributed by atoms with E-state index in [1.165, 1.54) is 0 Å². The van der Waals surface area contributed by atoms with Crippen molar-refractivity contribution in [1.29, 1.82) is 5.26 Å². The van der Waals surface area contributed by atoms with Crippen LogP contribution in [0.25, 0.3) is 0 Å². The Labute approximate surface area is 207 Å². The molecule has 3 rings (SSSR count). The molecule has 1 aliphatic heterocycles. The predicted octanol–water partition coefficient (Wildman–Crippen LogP) is 4.04. The van der Waals surface area contributed by atoms with E-state index in [0.29, 0.717) is 16.9 Å². The zero-order valence-corrected chi connectivity index (χ0v) is 20.0. The summed E-state index contributed by atoms with van der Waals surface area (Å²) in [5.41, 5.74) is 4.78. The number of hydrogen-bond acceptors (Lipinski definition) is 8.